The minimum atomic E-state index is -0.818. The Bertz CT molecular complexity index is 252. The maximum absolute atomic E-state index is 11.7. The van der Waals surface area contributed by atoms with Gasteiger partial charge in [0.25, 0.3) is 0 Å². The van der Waals surface area contributed by atoms with Crippen LogP contribution in [0.15, 0.2) is 12.7 Å². The van der Waals surface area contributed by atoms with Gasteiger partial charge in [-0.2, -0.15) is 0 Å². The third-order valence-electron chi connectivity index (χ3n) is 2.71. The van der Waals surface area contributed by atoms with Crippen molar-refractivity contribution in [1.82, 2.24) is 4.90 Å². The summed E-state index contributed by atoms with van der Waals surface area (Å²) < 4.78 is 5.26. The minimum absolute atomic E-state index is 0.146. The predicted octanol–water partition coefficient (Wildman–Crippen LogP) is 0.0313. The molecule has 0 N–H and O–H groups in total. The molecule has 1 saturated heterocycles. The van der Waals surface area contributed by atoms with Gasteiger partial charge < -0.3 is 9.53 Å². The Balaban J connectivity index is 2.93. The molecule has 0 amide bonds. The first kappa shape index (κ1) is 11.1. The number of hydrogen-bond acceptors (Lipinski definition) is 4. The van der Waals surface area contributed by atoms with Gasteiger partial charge in [-0.3, -0.25) is 9.69 Å². The summed E-state index contributed by atoms with van der Waals surface area (Å²) in [6.07, 6.45) is 2.18. The van der Waals surface area contributed by atoms with Crippen LogP contribution in [0, 0.1) is 0 Å². The van der Waals surface area contributed by atoms with Gasteiger partial charge in [0.15, 0.2) is 5.78 Å². The van der Waals surface area contributed by atoms with Crippen LogP contribution in [0.2, 0.25) is 0 Å². The molecule has 1 aliphatic heterocycles. The summed E-state index contributed by atoms with van der Waals surface area (Å²) in [7, 11) is 1.83. The van der Waals surface area contributed by atoms with Gasteiger partial charge in [0.2, 0.25) is 0 Å². The Morgan fingerprint density at radius 2 is 2.43 bits per heavy atom. The Morgan fingerprint density at radius 1 is 1.71 bits per heavy atom. The fourth-order valence-corrected chi connectivity index (χ4v) is 1.67. The quantitative estimate of drug-likeness (QED) is 0.471. The summed E-state index contributed by atoms with van der Waals surface area (Å²) in [6.45, 7) is 4.98. The van der Waals surface area contributed by atoms with Crippen molar-refractivity contribution in [1.29, 1.82) is 0 Å². The first-order valence-electron chi connectivity index (χ1n) is 4.57. The van der Waals surface area contributed by atoms with Crippen molar-refractivity contribution in [3.8, 4) is 0 Å². The molecule has 1 heterocycles. The molecule has 0 aromatic carbocycles. The van der Waals surface area contributed by atoms with Crippen LogP contribution in [0.3, 0.4) is 0 Å². The number of nitrogens with zero attached hydrogens (tertiary/aromatic N) is 1. The molecule has 0 aliphatic carbocycles. The van der Waals surface area contributed by atoms with Crippen molar-refractivity contribution in [3.63, 3.8) is 0 Å². The molecule has 14 heavy (non-hydrogen) atoms. The zero-order valence-corrected chi connectivity index (χ0v) is 8.36. The topological polar surface area (TPSA) is 46.6 Å². The second-order valence-corrected chi connectivity index (χ2v) is 3.44. The third kappa shape index (κ3) is 1.76. The molecule has 0 aromatic heterocycles. The van der Waals surface area contributed by atoms with Crippen molar-refractivity contribution >= 4 is 12.1 Å². The molecular weight excluding hydrogens is 182 g/mol. The van der Waals surface area contributed by atoms with Gasteiger partial charge in [-0.05, 0) is 13.1 Å². The maximum Gasteiger partial charge on any atom is 0.178 e. The van der Waals surface area contributed by atoms with E-state index < -0.39 is 5.54 Å². The first-order chi connectivity index (χ1) is 6.67. The van der Waals surface area contributed by atoms with Crippen LogP contribution < -0.4 is 0 Å². The Morgan fingerprint density at radius 3 is 2.93 bits per heavy atom. The van der Waals surface area contributed by atoms with Gasteiger partial charge in [0.1, 0.15) is 11.8 Å². The monoisotopic (exact) mass is 197 g/mol. The van der Waals surface area contributed by atoms with E-state index in [-0.39, 0.29) is 18.8 Å². The second kappa shape index (κ2) is 4.48. The summed E-state index contributed by atoms with van der Waals surface area (Å²) in [5, 5.41) is 0. The van der Waals surface area contributed by atoms with Gasteiger partial charge in [-0.15, -0.1) is 0 Å². The van der Waals surface area contributed by atoms with E-state index in [2.05, 4.69) is 6.58 Å². The zero-order chi connectivity index (χ0) is 10.6. The van der Waals surface area contributed by atoms with E-state index in [9.17, 15) is 9.59 Å². The van der Waals surface area contributed by atoms with Crippen molar-refractivity contribution in [2.24, 2.45) is 0 Å². The lowest BCUT2D eigenvalue weighted by molar-refractivity contribution is -0.140. The van der Waals surface area contributed by atoms with Crippen LogP contribution in [0.25, 0.3) is 0 Å². The van der Waals surface area contributed by atoms with Crippen molar-refractivity contribution in [2.45, 2.75) is 12.0 Å². The molecular formula is C10H15NO3. The average Bonchev–Trinajstić information content (AvgIpc) is 2.20. The van der Waals surface area contributed by atoms with E-state index in [1.807, 2.05) is 11.9 Å². The second-order valence-electron chi connectivity index (χ2n) is 3.44. The summed E-state index contributed by atoms with van der Waals surface area (Å²) in [6, 6.07) is 0. The van der Waals surface area contributed by atoms with Crippen molar-refractivity contribution < 1.29 is 14.3 Å². The van der Waals surface area contributed by atoms with Crippen molar-refractivity contribution in [2.75, 3.05) is 26.8 Å². The number of ether oxygens (including phenoxy) is 1. The molecule has 78 valence electrons. The zero-order valence-electron chi connectivity index (χ0n) is 8.36. The van der Waals surface area contributed by atoms with Gasteiger partial charge in [-0.25, -0.2) is 0 Å². The molecule has 4 nitrogen and oxygen atoms in total. The number of carbonyl (C=O) groups is 2. The molecule has 0 aromatic rings. The number of likely N-dealkylation sites (N-methyl/N-ethyl adjacent to an activating group) is 1. The third-order valence-corrected chi connectivity index (χ3v) is 2.71. The summed E-state index contributed by atoms with van der Waals surface area (Å²) in [5.74, 6) is -0.146. The average molecular weight is 197 g/mol. The van der Waals surface area contributed by atoms with Gasteiger partial charge in [0.05, 0.1) is 13.2 Å². The lowest BCUT2D eigenvalue weighted by Crippen LogP contribution is -2.59. The highest BCUT2D eigenvalue weighted by molar-refractivity contribution is 5.99. The SMILES string of the molecule is C=CC(=O)C1(CC=O)COCCN1C. The smallest absolute Gasteiger partial charge is 0.178 e. The van der Waals surface area contributed by atoms with E-state index >= 15 is 0 Å². The van der Waals surface area contributed by atoms with Crippen LogP contribution in [-0.2, 0) is 14.3 Å². The minimum Gasteiger partial charge on any atom is -0.378 e. The van der Waals surface area contributed by atoms with E-state index in [0.29, 0.717) is 13.2 Å². The van der Waals surface area contributed by atoms with E-state index in [1.165, 1.54) is 6.08 Å². The highest BCUT2D eigenvalue weighted by Crippen LogP contribution is 2.23. The lowest BCUT2D eigenvalue weighted by Gasteiger charge is -2.41. The number of aldehydes is 1. The standard InChI is InChI=1S/C10H15NO3/c1-3-9(13)10(4-6-12)8-14-7-5-11(10)2/h3,6H,1,4-5,7-8H2,2H3. The van der Waals surface area contributed by atoms with E-state index in [0.717, 1.165) is 6.29 Å². The van der Waals surface area contributed by atoms with E-state index in [4.69, 9.17) is 4.74 Å². The Kier molecular flexibility index (Phi) is 3.55. The Hall–Kier alpha value is -1.00. The number of rotatable bonds is 4. The van der Waals surface area contributed by atoms with Crippen molar-refractivity contribution in [3.05, 3.63) is 12.7 Å². The Labute approximate surface area is 83.5 Å². The predicted molar refractivity (Wildman–Crippen MR) is 52.1 cm³/mol. The van der Waals surface area contributed by atoms with E-state index in [1.54, 1.807) is 0 Å². The summed E-state index contributed by atoms with van der Waals surface area (Å²) in [5.41, 5.74) is -0.818. The maximum atomic E-state index is 11.7. The highest BCUT2D eigenvalue weighted by atomic mass is 16.5. The molecule has 1 aliphatic rings. The number of morpholine rings is 1. The molecule has 0 bridgehead atoms. The first-order valence-corrected chi connectivity index (χ1v) is 4.57. The largest absolute Gasteiger partial charge is 0.378 e. The van der Waals surface area contributed by atoms with Crippen LogP contribution >= 0.6 is 0 Å². The van der Waals surface area contributed by atoms with Crippen LogP contribution in [-0.4, -0.2) is 49.3 Å². The molecule has 0 spiro atoms. The molecule has 1 unspecified atom stereocenters. The highest BCUT2D eigenvalue weighted by Gasteiger charge is 2.42. The fraction of sp³-hybridized carbons (Fsp3) is 0.600. The molecule has 4 heteroatoms. The van der Waals surface area contributed by atoms with Crippen LogP contribution in [0.4, 0.5) is 0 Å². The number of ketones is 1. The summed E-state index contributed by atoms with van der Waals surface area (Å²) >= 11 is 0. The molecule has 1 fully saturated rings. The van der Waals surface area contributed by atoms with Gasteiger partial charge in [-0.1, -0.05) is 6.58 Å². The normalized spacial score (nSPS) is 28.4. The molecule has 0 saturated carbocycles. The fourth-order valence-electron chi connectivity index (χ4n) is 1.67. The molecule has 1 rings (SSSR count). The number of hydrogen-bond donors (Lipinski definition) is 0. The van der Waals surface area contributed by atoms with Gasteiger partial charge >= 0.3 is 0 Å². The van der Waals surface area contributed by atoms with Crippen LogP contribution in [0.1, 0.15) is 6.42 Å². The van der Waals surface area contributed by atoms with Gasteiger partial charge in [0, 0.05) is 13.0 Å². The van der Waals surface area contributed by atoms with Crippen LogP contribution in [0.5, 0.6) is 0 Å². The molecule has 0 radical (unpaired) electrons. The summed E-state index contributed by atoms with van der Waals surface area (Å²) in [4.78, 5) is 24.1. The number of carbonyl (C=O) groups excluding carboxylic acids is 2. The molecule has 1 atom stereocenters. The lowest BCUT2D eigenvalue weighted by atomic mass is 9.88.